The summed E-state index contributed by atoms with van der Waals surface area (Å²) < 4.78 is 0. The predicted molar refractivity (Wildman–Crippen MR) is 51.6 cm³/mol. The minimum absolute atomic E-state index is 0.349. The topological polar surface area (TPSA) is 26.0 Å². The lowest BCUT2D eigenvalue weighted by Gasteiger charge is -2.26. The van der Waals surface area contributed by atoms with Crippen LogP contribution in [0.4, 0.5) is 0 Å². The van der Waals surface area contributed by atoms with Gasteiger partial charge in [-0.2, -0.15) is 0 Å². The van der Waals surface area contributed by atoms with Gasteiger partial charge in [-0.25, -0.2) is 0 Å². The van der Waals surface area contributed by atoms with Crippen LogP contribution < -0.4 is 5.73 Å². The number of hydrogen-bond acceptors (Lipinski definition) is 1. The molecule has 0 saturated heterocycles. The Balaban J connectivity index is 3.61. The molecule has 1 unspecified atom stereocenters. The summed E-state index contributed by atoms with van der Waals surface area (Å²) in [6.07, 6.45) is 5.08. The van der Waals surface area contributed by atoms with Gasteiger partial charge < -0.3 is 5.73 Å². The van der Waals surface area contributed by atoms with Gasteiger partial charge in [0.2, 0.25) is 0 Å². The van der Waals surface area contributed by atoms with E-state index in [0.717, 1.165) is 6.42 Å². The molecule has 11 heavy (non-hydrogen) atoms. The first-order chi connectivity index (χ1) is 4.98. The molecule has 1 atom stereocenters. The molecule has 0 amide bonds. The van der Waals surface area contributed by atoms with E-state index >= 15 is 0 Å². The molecule has 0 spiro atoms. The van der Waals surface area contributed by atoms with Crippen molar-refractivity contribution in [2.45, 2.75) is 59.4 Å². The van der Waals surface area contributed by atoms with Gasteiger partial charge in [0.1, 0.15) is 0 Å². The summed E-state index contributed by atoms with van der Waals surface area (Å²) in [7, 11) is 0. The Hall–Kier alpha value is -0.0400. The lowest BCUT2D eigenvalue weighted by molar-refractivity contribution is 0.279. The average Bonchev–Trinajstić information content (AvgIpc) is 1.81. The van der Waals surface area contributed by atoms with Gasteiger partial charge in [-0.3, -0.25) is 0 Å². The van der Waals surface area contributed by atoms with Crippen LogP contribution in [0.3, 0.4) is 0 Å². The van der Waals surface area contributed by atoms with Gasteiger partial charge in [0.05, 0.1) is 0 Å². The maximum absolute atomic E-state index is 5.75. The molecule has 1 heteroatoms. The first-order valence-corrected chi connectivity index (χ1v) is 4.73. The first kappa shape index (κ1) is 11.0. The fraction of sp³-hybridized carbons (Fsp3) is 1.00. The summed E-state index contributed by atoms with van der Waals surface area (Å²) in [5.41, 5.74) is 6.20. The highest BCUT2D eigenvalue weighted by molar-refractivity contribution is 4.72. The lowest BCUT2D eigenvalue weighted by atomic mass is 9.82. The van der Waals surface area contributed by atoms with Gasteiger partial charge in [0.25, 0.3) is 0 Å². The van der Waals surface area contributed by atoms with Gasteiger partial charge in [-0.15, -0.1) is 0 Å². The molecular formula is C10H23N. The fourth-order valence-electron chi connectivity index (χ4n) is 1.63. The summed E-state index contributed by atoms with van der Waals surface area (Å²) in [6.45, 7) is 8.95. The molecule has 1 nitrogen and oxygen atoms in total. The molecule has 68 valence electrons. The van der Waals surface area contributed by atoms with E-state index in [4.69, 9.17) is 5.73 Å². The van der Waals surface area contributed by atoms with E-state index in [1.165, 1.54) is 19.3 Å². The zero-order chi connectivity index (χ0) is 8.91. The molecule has 0 bridgehead atoms. The van der Waals surface area contributed by atoms with E-state index in [2.05, 4.69) is 27.7 Å². The second-order valence-electron chi connectivity index (χ2n) is 4.45. The molecule has 0 aromatic carbocycles. The SMILES string of the molecule is CCCCC(C)(C)CC(C)N. The van der Waals surface area contributed by atoms with Crippen molar-refractivity contribution in [3.8, 4) is 0 Å². The van der Waals surface area contributed by atoms with Crippen LogP contribution in [0.15, 0.2) is 0 Å². The van der Waals surface area contributed by atoms with E-state index in [1.807, 2.05) is 0 Å². The van der Waals surface area contributed by atoms with Crippen LogP contribution in [0.1, 0.15) is 53.4 Å². The third kappa shape index (κ3) is 6.36. The van der Waals surface area contributed by atoms with Crippen molar-refractivity contribution < 1.29 is 0 Å². The molecule has 0 radical (unpaired) electrons. The van der Waals surface area contributed by atoms with Crippen LogP contribution in [0, 0.1) is 5.41 Å². The monoisotopic (exact) mass is 157 g/mol. The largest absolute Gasteiger partial charge is 0.328 e. The maximum Gasteiger partial charge on any atom is 0.00155 e. The van der Waals surface area contributed by atoms with Crippen LogP contribution in [0.25, 0.3) is 0 Å². The molecule has 0 aromatic rings. The number of hydrogen-bond donors (Lipinski definition) is 1. The molecule has 0 aliphatic heterocycles. The van der Waals surface area contributed by atoms with Gasteiger partial charge in [-0.05, 0) is 25.2 Å². The van der Waals surface area contributed by atoms with Gasteiger partial charge in [0.15, 0.2) is 0 Å². The fourth-order valence-corrected chi connectivity index (χ4v) is 1.63. The Kier molecular flexibility index (Phi) is 4.74. The zero-order valence-electron chi connectivity index (χ0n) is 8.48. The lowest BCUT2D eigenvalue weighted by Crippen LogP contribution is -2.24. The van der Waals surface area contributed by atoms with Crippen LogP contribution in [0.5, 0.6) is 0 Å². The quantitative estimate of drug-likeness (QED) is 0.652. The molecule has 0 rings (SSSR count). The highest BCUT2D eigenvalue weighted by Gasteiger charge is 2.18. The summed E-state index contributed by atoms with van der Waals surface area (Å²) in [5.74, 6) is 0. The average molecular weight is 157 g/mol. The van der Waals surface area contributed by atoms with E-state index in [-0.39, 0.29) is 0 Å². The molecule has 2 N–H and O–H groups in total. The molecule has 0 aliphatic rings. The van der Waals surface area contributed by atoms with E-state index in [0.29, 0.717) is 11.5 Å². The highest BCUT2D eigenvalue weighted by Crippen LogP contribution is 2.28. The minimum atomic E-state index is 0.349. The van der Waals surface area contributed by atoms with E-state index in [9.17, 15) is 0 Å². The smallest absolute Gasteiger partial charge is 0.00155 e. The van der Waals surface area contributed by atoms with Crippen molar-refractivity contribution in [3.05, 3.63) is 0 Å². The maximum atomic E-state index is 5.75. The normalized spacial score (nSPS) is 15.0. The molecule has 0 saturated carbocycles. The van der Waals surface area contributed by atoms with Gasteiger partial charge in [0, 0.05) is 6.04 Å². The third-order valence-corrected chi connectivity index (χ3v) is 2.08. The van der Waals surface area contributed by atoms with Crippen molar-refractivity contribution >= 4 is 0 Å². The second-order valence-corrected chi connectivity index (χ2v) is 4.45. The summed E-state index contributed by atoms with van der Waals surface area (Å²) in [4.78, 5) is 0. The number of nitrogens with two attached hydrogens (primary N) is 1. The van der Waals surface area contributed by atoms with Crippen LogP contribution in [-0.2, 0) is 0 Å². The van der Waals surface area contributed by atoms with Crippen LogP contribution in [0.2, 0.25) is 0 Å². The Labute approximate surface area is 71.4 Å². The van der Waals surface area contributed by atoms with Crippen molar-refractivity contribution in [2.24, 2.45) is 11.1 Å². The summed E-state index contributed by atoms with van der Waals surface area (Å²) in [6, 6.07) is 0.349. The summed E-state index contributed by atoms with van der Waals surface area (Å²) in [5, 5.41) is 0. The Morgan fingerprint density at radius 1 is 1.36 bits per heavy atom. The number of unbranched alkanes of at least 4 members (excludes halogenated alkanes) is 1. The van der Waals surface area contributed by atoms with E-state index in [1.54, 1.807) is 0 Å². The van der Waals surface area contributed by atoms with E-state index < -0.39 is 0 Å². The number of rotatable bonds is 5. The Morgan fingerprint density at radius 2 is 1.91 bits per heavy atom. The molecular weight excluding hydrogens is 134 g/mol. The van der Waals surface area contributed by atoms with Gasteiger partial charge >= 0.3 is 0 Å². The Bertz CT molecular complexity index is 95.0. The van der Waals surface area contributed by atoms with Crippen molar-refractivity contribution in [2.75, 3.05) is 0 Å². The zero-order valence-corrected chi connectivity index (χ0v) is 8.48. The van der Waals surface area contributed by atoms with Crippen LogP contribution in [-0.4, -0.2) is 6.04 Å². The third-order valence-electron chi connectivity index (χ3n) is 2.08. The second kappa shape index (κ2) is 4.76. The first-order valence-electron chi connectivity index (χ1n) is 4.73. The Morgan fingerprint density at radius 3 is 2.27 bits per heavy atom. The molecule has 0 heterocycles. The van der Waals surface area contributed by atoms with Crippen LogP contribution >= 0.6 is 0 Å². The van der Waals surface area contributed by atoms with Gasteiger partial charge in [-0.1, -0.05) is 33.6 Å². The standard InChI is InChI=1S/C10H23N/c1-5-6-7-10(3,4)8-9(2)11/h9H,5-8,11H2,1-4H3. The molecule has 0 aliphatic carbocycles. The highest BCUT2D eigenvalue weighted by atomic mass is 14.6. The van der Waals surface area contributed by atoms with Crippen molar-refractivity contribution in [1.82, 2.24) is 0 Å². The molecule has 0 aromatic heterocycles. The predicted octanol–water partition coefficient (Wildman–Crippen LogP) is 2.94. The van der Waals surface area contributed by atoms with Crippen molar-refractivity contribution in [3.63, 3.8) is 0 Å². The summed E-state index contributed by atoms with van der Waals surface area (Å²) >= 11 is 0. The minimum Gasteiger partial charge on any atom is -0.328 e. The van der Waals surface area contributed by atoms with Crippen molar-refractivity contribution in [1.29, 1.82) is 0 Å². The molecule has 0 fully saturated rings.